The van der Waals surface area contributed by atoms with E-state index in [1.807, 2.05) is 13.0 Å². The summed E-state index contributed by atoms with van der Waals surface area (Å²) in [6, 6.07) is 10.4. The van der Waals surface area contributed by atoms with E-state index in [2.05, 4.69) is 49.9 Å². The van der Waals surface area contributed by atoms with Crippen LogP contribution in [0.4, 0.5) is 5.69 Å². The van der Waals surface area contributed by atoms with Crippen LogP contribution in [0.3, 0.4) is 0 Å². The van der Waals surface area contributed by atoms with Gasteiger partial charge in [-0.05, 0) is 39.8 Å². The summed E-state index contributed by atoms with van der Waals surface area (Å²) in [4.78, 5) is 2.26. The van der Waals surface area contributed by atoms with Crippen LogP contribution in [0, 0.1) is 0 Å². The van der Waals surface area contributed by atoms with E-state index < -0.39 is 0 Å². The average molecular weight is 207 g/mol. The molecule has 0 heterocycles. The van der Waals surface area contributed by atoms with E-state index in [0.29, 0.717) is 0 Å². The van der Waals surface area contributed by atoms with Crippen LogP contribution in [0.5, 0.6) is 0 Å². The molecule has 0 saturated carbocycles. The number of benzene rings is 1. The second-order valence-corrected chi connectivity index (χ2v) is 3.96. The van der Waals surface area contributed by atoms with Gasteiger partial charge in [-0.1, -0.05) is 18.2 Å². The van der Waals surface area contributed by atoms with Gasteiger partial charge in [-0.2, -0.15) is 0 Å². The molecule has 0 aromatic heterocycles. The highest BCUT2D eigenvalue weighted by Gasteiger charge is 2.25. The third-order valence-electron chi connectivity index (χ3n) is 2.53. The minimum Gasteiger partial charge on any atom is -0.357 e. The fourth-order valence-electron chi connectivity index (χ4n) is 1.91. The monoisotopic (exact) mass is 207 g/mol. The van der Waals surface area contributed by atoms with E-state index >= 15 is 0 Å². The van der Waals surface area contributed by atoms with Crippen LogP contribution in [-0.4, -0.2) is 18.9 Å². The molecule has 0 aliphatic rings. The van der Waals surface area contributed by atoms with Gasteiger partial charge < -0.3 is 9.64 Å². The molecule has 0 aliphatic heterocycles. The Morgan fingerprint density at radius 3 is 2.20 bits per heavy atom. The number of hydrogen-bond acceptors (Lipinski definition) is 2. The van der Waals surface area contributed by atoms with Gasteiger partial charge in [0.25, 0.3) is 0 Å². The zero-order valence-corrected chi connectivity index (χ0v) is 10.2. The Morgan fingerprint density at radius 1 is 1.13 bits per heavy atom. The molecule has 0 radical (unpaired) electrons. The maximum Gasteiger partial charge on any atom is 0.135 e. The molecule has 0 aliphatic carbocycles. The Morgan fingerprint density at radius 2 is 1.73 bits per heavy atom. The molecule has 2 heteroatoms. The number of ether oxygens (including phenoxy) is 1. The smallest absolute Gasteiger partial charge is 0.135 e. The summed E-state index contributed by atoms with van der Waals surface area (Å²) in [7, 11) is 0. The molecule has 0 bridgehead atoms. The first-order valence-corrected chi connectivity index (χ1v) is 5.58. The van der Waals surface area contributed by atoms with Crippen LogP contribution in [0.2, 0.25) is 0 Å². The molecule has 0 unspecified atom stereocenters. The van der Waals surface area contributed by atoms with Crippen molar-refractivity contribution >= 4 is 5.69 Å². The van der Waals surface area contributed by atoms with Gasteiger partial charge in [0.1, 0.15) is 5.72 Å². The fraction of sp³-hybridized carbons (Fsp3) is 0.538. The molecule has 1 aromatic carbocycles. The van der Waals surface area contributed by atoms with Gasteiger partial charge in [-0.25, -0.2) is 0 Å². The van der Waals surface area contributed by atoms with Crippen molar-refractivity contribution in [3.05, 3.63) is 30.3 Å². The lowest BCUT2D eigenvalue weighted by atomic mass is 10.2. The summed E-state index contributed by atoms with van der Waals surface area (Å²) in [6.07, 6.45) is 0. The Balaban J connectivity index is 2.89. The highest BCUT2D eigenvalue weighted by molar-refractivity contribution is 5.47. The van der Waals surface area contributed by atoms with Crippen molar-refractivity contribution in [3.63, 3.8) is 0 Å². The standard InChI is InChI=1S/C13H21NO/c1-5-14(13(3,4)15-6-2)12-10-8-7-9-11-12/h7-11H,5-6H2,1-4H3. The normalized spacial score (nSPS) is 11.5. The van der Waals surface area contributed by atoms with Crippen molar-refractivity contribution in [2.45, 2.75) is 33.4 Å². The van der Waals surface area contributed by atoms with Gasteiger partial charge in [-0.15, -0.1) is 0 Å². The van der Waals surface area contributed by atoms with E-state index in [1.165, 1.54) is 5.69 Å². The van der Waals surface area contributed by atoms with Gasteiger partial charge in [0.2, 0.25) is 0 Å². The van der Waals surface area contributed by atoms with Gasteiger partial charge in [-0.3, -0.25) is 0 Å². The van der Waals surface area contributed by atoms with Crippen molar-refractivity contribution in [1.82, 2.24) is 0 Å². The third-order valence-corrected chi connectivity index (χ3v) is 2.53. The van der Waals surface area contributed by atoms with Crippen molar-refractivity contribution in [2.75, 3.05) is 18.1 Å². The summed E-state index contributed by atoms with van der Waals surface area (Å²) in [5.41, 5.74) is 0.962. The van der Waals surface area contributed by atoms with Crippen molar-refractivity contribution < 1.29 is 4.74 Å². The predicted molar refractivity (Wildman–Crippen MR) is 65.2 cm³/mol. The lowest BCUT2D eigenvalue weighted by Gasteiger charge is -2.39. The minimum absolute atomic E-state index is 0.245. The van der Waals surface area contributed by atoms with E-state index in [-0.39, 0.29) is 5.72 Å². The lowest BCUT2D eigenvalue weighted by molar-refractivity contribution is -0.0115. The second-order valence-electron chi connectivity index (χ2n) is 3.96. The first-order chi connectivity index (χ1) is 7.11. The predicted octanol–water partition coefficient (Wildman–Crippen LogP) is 3.29. The van der Waals surface area contributed by atoms with E-state index in [4.69, 9.17) is 4.74 Å². The topological polar surface area (TPSA) is 12.5 Å². The van der Waals surface area contributed by atoms with Gasteiger partial charge in [0.15, 0.2) is 0 Å². The summed E-state index contributed by atoms with van der Waals surface area (Å²) < 4.78 is 5.76. The molecular weight excluding hydrogens is 186 g/mol. The van der Waals surface area contributed by atoms with Crippen molar-refractivity contribution in [2.24, 2.45) is 0 Å². The van der Waals surface area contributed by atoms with Gasteiger partial charge in [0.05, 0.1) is 0 Å². The molecule has 84 valence electrons. The Bertz CT molecular complexity index is 282. The van der Waals surface area contributed by atoms with E-state index in [9.17, 15) is 0 Å². The first kappa shape index (κ1) is 12.1. The molecule has 0 spiro atoms. The van der Waals surface area contributed by atoms with E-state index in [1.54, 1.807) is 0 Å². The fourth-order valence-corrected chi connectivity index (χ4v) is 1.91. The van der Waals surface area contributed by atoms with Crippen molar-refractivity contribution in [3.8, 4) is 0 Å². The zero-order valence-electron chi connectivity index (χ0n) is 10.2. The van der Waals surface area contributed by atoms with Gasteiger partial charge in [0, 0.05) is 18.8 Å². The Labute approximate surface area is 92.9 Å². The van der Waals surface area contributed by atoms with Crippen molar-refractivity contribution in [1.29, 1.82) is 0 Å². The van der Waals surface area contributed by atoms with Crippen LogP contribution in [0.25, 0.3) is 0 Å². The van der Waals surface area contributed by atoms with Crippen LogP contribution in [-0.2, 0) is 4.74 Å². The highest BCUT2D eigenvalue weighted by atomic mass is 16.5. The second kappa shape index (κ2) is 5.17. The Kier molecular flexibility index (Phi) is 4.15. The molecule has 0 amide bonds. The maximum atomic E-state index is 5.76. The van der Waals surface area contributed by atoms with Crippen LogP contribution >= 0.6 is 0 Å². The molecule has 0 atom stereocenters. The zero-order chi connectivity index (χ0) is 11.3. The maximum absolute atomic E-state index is 5.76. The summed E-state index contributed by atoms with van der Waals surface area (Å²) in [5, 5.41) is 0. The minimum atomic E-state index is -0.245. The summed E-state index contributed by atoms with van der Waals surface area (Å²) >= 11 is 0. The summed E-state index contributed by atoms with van der Waals surface area (Å²) in [5.74, 6) is 0. The Hall–Kier alpha value is -1.02. The van der Waals surface area contributed by atoms with Gasteiger partial charge >= 0.3 is 0 Å². The molecular formula is C13H21NO. The molecule has 0 N–H and O–H groups in total. The van der Waals surface area contributed by atoms with Crippen LogP contribution in [0.15, 0.2) is 30.3 Å². The molecule has 1 rings (SSSR count). The number of nitrogens with zero attached hydrogens (tertiary/aromatic N) is 1. The summed E-state index contributed by atoms with van der Waals surface area (Å²) in [6.45, 7) is 10.1. The number of para-hydroxylation sites is 1. The largest absolute Gasteiger partial charge is 0.357 e. The quantitative estimate of drug-likeness (QED) is 0.687. The number of hydrogen-bond donors (Lipinski definition) is 0. The molecule has 2 nitrogen and oxygen atoms in total. The number of anilines is 1. The average Bonchev–Trinajstić information content (AvgIpc) is 2.19. The molecule has 1 aromatic rings. The first-order valence-electron chi connectivity index (χ1n) is 5.58. The third kappa shape index (κ3) is 2.96. The highest BCUT2D eigenvalue weighted by Crippen LogP contribution is 2.24. The lowest BCUT2D eigenvalue weighted by Crippen LogP contribution is -2.46. The van der Waals surface area contributed by atoms with Crippen LogP contribution in [0.1, 0.15) is 27.7 Å². The molecule has 0 saturated heterocycles. The molecule has 15 heavy (non-hydrogen) atoms. The SMILES string of the molecule is CCOC(C)(C)N(CC)c1ccccc1. The van der Waals surface area contributed by atoms with Crippen LogP contribution < -0.4 is 4.90 Å². The number of rotatable bonds is 5. The van der Waals surface area contributed by atoms with E-state index in [0.717, 1.165) is 13.2 Å². The molecule has 0 fully saturated rings.